The van der Waals surface area contributed by atoms with Crippen LogP contribution in [0.15, 0.2) is 0 Å². The first-order valence-electron chi connectivity index (χ1n) is 7.82. The second kappa shape index (κ2) is 6.91. The van der Waals surface area contributed by atoms with E-state index >= 15 is 0 Å². The van der Waals surface area contributed by atoms with E-state index in [-0.39, 0.29) is 23.7 Å². The van der Waals surface area contributed by atoms with Crippen molar-refractivity contribution in [2.75, 3.05) is 26.2 Å². The van der Waals surface area contributed by atoms with Gasteiger partial charge in [0.25, 0.3) is 0 Å². The Hall–Kier alpha value is -1.59. The molecule has 2 fully saturated rings. The van der Waals surface area contributed by atoms with Gasteiger partial charge >= 0.3 is 5.97 Å². The van der Waals surface area contributed by atoms with Crippen molar-refractivity contribution in [2.45, 2.75) is 39.0 Å². The average Bonchev–Trinajstić information content (AvgIpc) is 2.85. The number of amides is 2. The Morgan fingerprint density at radius 1 is 1.24 bits per heavy atom. The van der Waals surface area contributed by atoms with Gasteiger partial charge in [-0.15, -0.1) is 0 Å². The van der Waals surface area contributed by atoms with Crippen LogP contribution in [0.4, 0.5) is 0 Å². The zero-order valence-corrected chi connectivity index (χ0v) is 12.6. The van der Waals surface area contributed by atoms with E-state index in [4.69, 9.17) is 5.11 Å². The third-order valence-corrected chi connectivity index (χ3v) is 4.50. The SMILES string of the molecule is CCCCN1C[C@H](C(=O)N2CCC(C(=O)O)CC2)CC1=O. The zero-order valence-electron chi connectivity index (χ0n) is 12.6. The number of aliphatic carboxylic acids is 1. The molecular formula is C15H24N2O4. The zero-order chi connectivity index (χ0) is 15.4. The fourth-order valence-corrected chi connectivity index (χ4v) is 3.11. The first-order valence-corrected chi connectivity index (χ1v) is 7.82. The van der Waals surface area contributed by atoms with Gasteiger partial charge in [0.05, 0.1) is 11.8 Å². The topological polar surface area (TPSA) is 77.9 Å². The Labute approximate surface area is 125 Å². The van der Waals surface area contributed by atoms with E-state index in [2.05, 4.69) is 6.92 Å². The predicted molar refractivity (Wildman–Crippen MR) is 76.5 cm³/mol. The quantitative estimate of drug-likeness (QED) is 0.819. The van der Waals surface area contributed by atoms with Crippen molar-refractivity contribution in [1.29, 1.82) is 0 Å². The molecule has 0 bridgehead atoms. The van der Waals surface area contributed by atoms with Crippen molar-refractivity contribution in [3.8, 4) is 0 Å². The van der Waals surface area contributed by atoms with Gasteiger partial charge in [0, 0.05) is 32.6 Å². The van der Waals surface area contributed by atoms with Crippen LogP contribution in [0.2, 0.25) is 0 Å². The van der Waals surface area contributed by atoms with E-state index in [0.717, 1.165) is 19.4 Å². The molecule has 6 heteroatoms. The number of carboxylic acid groups (broad SMARTS) is 1. The number of rotatable bonds is 5. The summed E-state index contributed by atoms with van der Waals surface area (Å²) in [6, 6.07) is 0. The van der Waals surface area contributed by atoms with Gasteiger partial charge in [-0.25, -0.2) is 0 Å². The van der Waals surface area contributed by atoms with Crippen LogP contribution in [0.5, 0.6) is 0 Å². The molecular weight excluding hydrogens is 272 g/mol. The second-order valence-corrected chi connectivity index (χ2v) is 6.03. The molecule has 2 aliphatic heterocycles. The Morgan fingerprint density at radius 2 is 1.90 bits per heavy atom. The predicted octanol–water partition coefficient (Wildman–Crippen LogP) is 0.958. The Balaban J connectivity index is 1.84. The molecule has 0 aromatic carbocycles. The molecule has 0 unspecified atom stereocenters. The molecule has 0 aliphatic carbocycles. The summed E-state index contributed by atoms with van der Waals surface area (Å²) in [6.07, 6.45) is 3.34. The lowest BCUT2D eigenvalue weighted by molar-refractivity contribution is -0.146. The fourth-order valence-electron chi connectivity index (χ4n) is 3.11. The number of carbonyl (C=O) groups excluding carboxylic acids is 2. The van der Waals surface area contributed by atoms with Crippen LogP contribution < -0.4 is 0 Å². The molecule has 2 aliphatic rings. The highest BCUT2D eigenvalue weighted by molar-refractivity contribution is 5.89. The minimum atomic E-state index is -0.774. The van der Waals surface area contributed by atoms with Crippen LogP contribution >= 0.6 is 0 Å². The smallest absolute Gasteiger partial charge is 0.306 e. The molecule has 21 heavy (non-hydrogen) atoms. The lowest BCUT2D eigenvalue weighted by atomic mass is 9.95. The summed E-state index contributed by atoms with van der Waals surface area (Å²) < 4.78 is 0. The van der Waals surface area contributed by atoms with E-state index in [1.54, 1.807) is 9.80 Å². The van der Waals surface area contributed by atoms with E-state index in [0.29, 0.717) is 38.9 Å². The van der Waals surface area contributed by atoms with Crippen LogP contribution in [0.1, 0.15) is 39.0 Å². The van der Waals surface area contributed by atoms with Gasteiger partial charge in [0.15, 0.2) is 0 Å². The molecule has 0 radical (unpaired) electrons. The fraction of sp³-hybridized carbons (Fsp3) is 0.800. The van der Waals surface area contributed by atoms with Gasteiger partial charge in [0.2, 0.25) is 11.8 Å². The second-order valence-electron chi connectivity index (χ2n) is 6.03. The Morgan fingerprint density at radius 3 is 2.48 bits per heavy atom. The van der Waals surface area contributed by atoms with Crippen molar-refractivity contribution in [1.82, 2.24) is 9.80 Å². The highest BCUT2D eigenvalue weighted by atomic mass is 16.4. The maximum absolute atomic E-state index is 12.4. The highest BCUT2D eigenvalue weighted by Gasteiger charge is 2.37. The first kappa shape index (κ1) is 15.8. The normalized spacial score (nSPS) is 23.7. The molecule has 6 nitrogen and oxygen atoms in total. The van der Waals surface area contributed by atoms with Gasteiger partial charge in [0.1, 0.15) is 0 Å². The summed E-state index contributed by atoms with van der Waals surface area (Å²) in [5, 5.41) is 8.97. The maximum atomic E-state index is 12.4. The molecule has 2 heterocycles. The van der Waals surface area contributed by atoms with Gasteiger partial charge in [-0.05, 0) is 19.3 Å². The lowest BCUT2D eigenvalue weighted by Gasteiger charge is -2.31. The number of carboxylic acids is 1. The summed E-state index contributed by atoms with van der Waals surface area (Å²) in [6.45, 7) is 4.33. The third-order valence-electron chi connectivity index (χ3n) is 4.50. The minimum absolute atomic E-state index is 0.0196. The number of hydrogen-bond donors (Lipinski definition) is 1. The van der Waals surface area contributed by atoms with Gasteiger partial charge in [-0.3, -0.25) is 14.4 Å². The van der Waals surface area contributed by atoms with Crippen molar-refractivity contribution in [3.05, 3.63) is 0 Å². The number of carbonyl (C=O) groups is 3. The number of unbranched alkanes of at least 4 members (excludes halogenated alkanes) is 1. The van der Waals surface area contributed by atoms with Gasteiger partial charge in [-0.1, -0.05) is 13.3 Å². The monoisotopic (exact) mass is 296 g/mol. The van der Waals surface area contributed by atoms with Crippen molar-refractivity contribution < 1.29 is 19.5 Å². The van der Waals surface area contributed by atoms with E-state index < -0.39 is 5.97 Å². The van der Waals surface area contributed by atoms with Crippen molar-refractivity contribution in [3.63, 3.8) is 0 Å². The largest absolute Gasteiger partial charge is 0.481 e. The number of likely N-dealkylation sites (tertiary alicyclic amines) is 2. The minimum Gasteiger partial charge on any atom is -0.481 e. The maximum Gasteiger partial charge on any atom is 0.306 e. The standard InChI is InChI=1S/C15H24N2O4/c1-2-3-6-17-10-12(9-13(17)18)14(19)16-7-4-11(5-8-16)15(20)21/h11-12H,2-10H2,1H3,(H,20,21)/t12-/m1/s1. The van der Waals surface area contributed by atoms with Crippen LogP contribution in [-0.2, 0) is 14.4 Å². The summed E-state index contributed by atoms with van der Waals surface area (Å²) in [4.78, 5) is 38.8. The summed E-state index contributed by atoms with van der Waals surface area (Å²) in [5.41, 5.74) is 0. The van der Waals surface area contributed by atoms with Crippen molar-refractivity contribution in [2.24, 2.45) is 11.8 Å². The molecule has 1 atom stereocenters. The molecule has 118 valence electrons. The molecule has 0 spiro atoms. The molecule has 0 aromatic heterocycles. The molecule has 1 N–H and O–H groups in total. The van der Waals surface area contributed by atoms with Crippen LogP contribution in [0.25, 0.3) is 0 Å². The van der Waals surface area contributed by atoms with Crippen molar-refractivity contribution >= 4 is 17.8 Å². The van der Waals surface area contributed by atoms with E-state index in [9.17, 15) is 14.4 Å². The van der Waals surface area contributed by atoms with E-state index in [1.165, 1.54) is 0 Å². The van der Waals surface area contributed by atoms with Crippen LogP contribution in [0, 0.1) is 11.8 Å². The Bertz CT molecular complexity index is 416. The number of nitrogens with zero attached hydrogens (tertiary/aromatic N) is 2. The molecule has 0 aromatic rings. The first-order chi connectivity index (χ1) is 10.0. The summed E-state index contributed by atoms with van der Waals surface area (Å²) >= 11 is 0. The van der Waals surface area contributed by atoms with Gasteiger partial charge < -0.3 is 14.9 Å². The summed E-state index contributed by atoms with van der Waals surface area (Å²) in [5.74, 6) is -1.26. The molecule has 2 amide bonds. The molecule has 2 saturated heterocycles. The lowest BCUT2D eigenvalue weighted by Crippen LogP contribution is -2.43. The van der Waals surface area contributed by atoms with E-state index in [1.807, 2.05) is 0 Å². The molecule has 2 rings (SSSR count). The third kappa shape index (κ3) is 3.74. The highest BCUT2D eigenvalue weighted by Crippen LogP contribution is 2.24. The molecule has 0 saturated carbocycles. The number of hydrogen-bond acceptors (Lipinski definition) is 3. The number of piperidine rings is 1. The van der Waals surface area contributed by atoms with Crippen LogP contribution in [-0.4, -0.2) is 58.9 Å². The Kier molecular flexibility index (Phi) is 5.20. The average molecular weight is 296 g/mol. The van der Waals surface area contributed by atoms with Gasteiger partial charge in [-0.2, -0.15) is 0 Å². The summed E-state index contributed by atoms with van der Waals surface area (Å²) in [7, 11) is 0. The van der Waals surface area contributed by atoms with Crippen LogP contribution in [0.3, 0.4) is 0 Å².